The summed E-state index contributed by atoms with van der Waals surface area (Å²) in [5.41, 5.74) is 0. The molecule has 2 aliphatic rings. The van der Waals surface area contributed by atoms with Crippen molar-refractivity contribution in [3.8, 4) is 5.75 Å². The maximum Gasteiger partial charge on any atom is 0.243 e. The Hall–Kier alpha value is -1.60. The Morgan fingerprint density at radius 3 is 2.30 bits per heavy atom. The van der Waals surface area contributed by atoms with E-state index < -0.39 is 10.0 Å². The molecular formula is C20H30N2O4S. The highest BCUT2D eigenvalue weighted by Crippen LogP contribution is 2.31. The van der Waals surface area contributed by atoms with Crippen molar-refractivity contribution >= 4 is 15.9 Å². The molecular weight excluding hydrogens is 364 g/mol. The fourth-order valence-electron chi connectivity index (χ4n) is 3.67. The van der Waals surface area contributed by atoms with E-state index in [4.69, 9.17) is 4.74 Å². The van der Waals surface area contributed by atoms with Crippen LogP contribution >= 0.6 is 0 Å². The lowest BCUT2D eigenvalue weighted by Gasteiger charge is -2.33. The largest absolute Gasteiger partial charge is 0.497 e. The monoisotopic (exact) mass is 394 g/mol. The minimum Gasteiger partial charge on any atom is -0.497 e. The number of carbonyl (C=O) groups excluding carboxylic acids is 1. The van der Waals surface area contributed by atoms with E-state index >= 15 is 0 Å². The molecule has 1 aromatic carbocycles. The fourth-order valence-corrected chi connectivity index (χ4v) is 5.14. The van der Waals surface area contributed by atoms with Crippen LogP contribution in [0, 0.1) is 11.8 Å². The number of sulfonamides is 1. The Bertz CT molecular complexity index is 736. The topological polar surface area (TPSA) is 66.9 Å². The van der Waals surface area contributed by atoms with Crippen LogP contribution in [-0.4, -0.2) is 56.8 Å². The Morgan fingerprint density at radius 2 is 1.78 bits per heavy atom. The minimum atomic E-state index is -3.52. The van der Waals surface area contributed by atoms with Crippen LogP contribution in [0.3, 0.4) is 0 Å². The first-order chi connectivity index (χ1) is 13.0. The molecule has 0 unspecified atom stereocenters. The SMILES string of the molecule is CCCN(CC1CC1)C(=O)C1CCN(S(=O)(=O)c2ccc(OC)cc2)CC1. The number of nitrogens with zero attached hydrogens (tertiary/aromatic N) is 2. The van der Waals surface area contributed by atoms with E-state index in [0.29, 0.717) is 37.6 Å². The van der Waals surface area contributed by atoms with Crippen LogP contribution in [0.5, 0.6) is 5.75 Å². The van der Waals surface area contributed by atoms with Crippen LogP contribution in [0.15, 0.2) is 29.2 Å². The first kappa shape index (κ1) is 20.1. The van der Waals surface area contributed by atoms with Gasteiger partial charge in [-0.1, -0.05) is 6.92 Å². The van der Waals surface area contributed by atoms with Gasteiger partial charge in [-0.3, -0.25) is 4.79 Å². The van der Waals surface area contributed by atoms with E-state index in [9.17, 15) is 13.2 Å². The highest BCUT2D eigenvalue weighted by molar-refractivity contribution is 7.89. The quantitative estimate of drug-likeness (QED) is 0.680. The van der Waals surface area contributed by atoms with Gasteiger partial charge in [-0.15, -0.1) is 0 Å². The van der Waals surface area contributed by atoms with Crippen molar-refractivity contribution in [3.63, 3.8) is 0 Å². The lowest BCUT2D eigenvalue weighted by molar-refractivity contribution is -0.137. The van der Waals surface area contributed by atoms with E-state index in [-0.39, 0.29) is 16.7 Å². The number of hydrogen-bond acceptors (Lipinski definition) is 4. The van der Waals surface area contributed by atoms with Gasteiger partial charge in [0.1, 0.15) is 5.75 Å². The summed E-state index contributed by atoms with van der Waals surface area (Å²) >= 11 is 0. The van der Waals surface area contributed by atoms with Crippen molar-refractivity contribution in [2.75, 3.05) is 33.3 Å². The van der Waals surface area contributed by atoms with Crippen molar-refractivity contribution in [1.29, 1.82) is 0 Å². The molecule has 150 valence electrons. The van der Waals surface area contributed by atoms with Crippen LogP contribution in [-0.2, 0) is 14.8 Å². The highest BCUT2D eigenvalue weighted by atomic mass is 32.2. The zero-order valence-electron chi connectivity index (χ0n) is 16.3. The van der Waals surface area contributed by atoms with Crippen molar-refractivity contribution in [3.05, 3.63) is 24.3 Å². The number of amides is 1. The van der Waals surface area contributed by atoms with Gasteiger partial charge in [-0.25, -0.2) is 8.42 Å². The maximum absolute atomic E-state index is 12.9. The maximum atomic E-state index is 12.9. The Labute approximate surface area is 162 Å². The molecule has 0 radical (unpaired) electrons. The molecule has 6 nitrogen and oxygen atoms in total. The number of ether oxygens (including phenoxy) is 1. The van der Waals surface area contributed by atoms with Gasteiger partial charge in [-0.2, -0.15) is 4.31 Å². The molecule has 3 rings (SSSR count). The molecule has 1 saturated carbocycles. The van der Waals surface area contributed by atoms with E-state index in [1.54, 1.807) is 31.4 Å². The van der Waals surface area contributed by atoms with Crippen LogP contribution in [0.4, 0.5) is 0 Å². The van der Waals surface area contributed by atoms with E-state index in [0.717, 1.165) is 19.5 Å². The lowest BCUT2D eigenvalue weighted by Crippen LogP contribution is -2.45. The van der Waals surface area contributed by atoms with Gasteiger partial charge in [0.05, 0.1) is 12.0 Å². The summed E-state index contributed by atoms with van der Waals surface area (Å²) in [4.78, 5) is 15.2. The average molecular weight is 395 g/mol. The average Bonchev–Trinajstić information content (AvgIpc) is 3.51. The van der Waals surface area contributed by atoms with Gasteiger partial charge in [0, 0.05) is 32.1 Å². The Morgan fingerprint density at radius 1 is 1.15 bits per heavy atom. The van der Waals surface area contributed by atoms with Gasteiger partial charge in [-0.05, 0) is 62.3 Å². The number of carbonyl (C=O) groups is 1. The summed E-state index contributed by atoms with van der Waals surface area (Å²) in [7, 11) is -1.97. The molecule has 1 aliphatic carbocycles. The summed E-state index contributed by atoms with van der Waals surface area (Å²) in [6, 6.07) is 6.46. The standard InChI is InChI=1S/C20H30N2O4S/c1-3-12-21(15-16-4-5-16)20(23)17-10-13-22(14-11-17)27(24,25)19-8-6-18(26-2)7-9-19/h6-9,16-17H,3-5,10-15H2,1-2H3. The summed E-state index contributed by atoms with van der Waals surface area (Å²) in [6.45, 7) is 4.57. The molecule has 0 N–H and O–H groups in total. The minimum absolute atomic E-state index is 0.0578. The Kier molecular flexibility index (Phi) is 6.42. The second-order valence-corrected chi connectivity index (χ2v) is 9.52. The van der Waals surface area contributed by atoms with Crippen LogP contribution in [0.2, 0.25) is 0 Å². The van der Waals surface area contributed by atoms with Crippen LogP contribution < -0.4 is 4.74 Å². The molecule has 27 heavy (non-hydrogen) atoms. The highest BCUT2D eigenvalue weighted by Gasteiger charge is 2.35. The molecule has 1 amide bonds. The first-order valence-electron chi connectivity index (χ1n) is 9.88. The molecule has 1 heterocycles. The first-order valence-corrected chi connectivity index (χ1v) is 11.3. The van der Waals surface area contributed by atoms with Crippen molar-refractivity contribution in [2.24, 2.45) is 11.8 Å². The Balaban J connectivity index is 1.60. The smallest absolute Gasteiger partial charge is 0.243 e. The van der Waals surface area contributed by atoms with Crippen LogP contribution in [0.1, 0.15) is 39.0 Å². The predicted molar refractivity (Wildman–Crippen MR) is 104 cm³/mol. The lowest BCUT2D eigenvalue weighted by atomic mass is 9.96. The fraction of sp³-hybridized carbons (Fsp3) is 0.650. The zero-order chi connectivity index (χ0) is 19.4. The third kappa shape index (κ3) is 4.82. The number of piperidine rings is 1. The van der Waals surface area contributed by atoms with E-state index in [2.05, 4.69) is 6.92 Å². The molecule has 0 spiro atoms. The molecule has 7 heteroatoms. The summed E-state index contributed by atoms with van der Waals surface area (Å²) < 4.78 is 32.3. The second-order valence-electron chi connectivity index (χ2n) is 7.58. The van der Waals surface area contributed by atoms with Crippen molar-refractivity contribution in [2.45, 2.75) is 43.9 Å². The van der Waals surface area contributed by atoms with Gasteiger partial charge in [0.25, 0.3) is 0 Å². The normalized spacial score (nSPS) is 19.0. The number of methoxy groups -OCH3 is 1. The number of rotatable bonds is 8. The molecule has 0 bridgehead atoms. The molecule has 0 atom stereocenters. The molecule has 1 saturated heterocycles. The molecule has 1 aliphatic heterocycles. The van der Waals surface area contributed by atoms with Crippen LogP contribution in [0.25, 0.3) is 0 Å². The van der Waals surface area contributed by atoms with E-state index in [1.807, 2.05) is 4.90 Å². The number of hydrogen-bond donors (Lipinski definition) is 0. The van der Waals surface area contributed by atoms with Gasteiger partial charge in [0.2, 0.25) is 15.9 Å². The van der Waals surface area contributed by atoms with Gasteiger partial charge in [0.15, 0.2) is 0 Å². The van der Waals surface area contributed by atoms with Crippen molar-refractivity contribution in [1.82, 2.24) is 9.21 Å². The summed E-state index contributed by atoms with van der Waals surface area (Å²) in [5, 5.41) is 0. The van der Waals surface area contributed by atoms with Gasteiger partial charge >= 0.3 is 0 Å². The third-order valence-electron chi connectivity index (χ3n) is 5.48. The van der Waals surface area contributed by atoms with Gasteiger partial charge < -0.3 is 9.64 Å². The summed E-state index contributed by atoms with van der Waals surface area (Å²) in [6.07, 6.45) is 4.61. The molecule has 0 aromatic heterocycles. The molecule has 1 aromatic rings. The predicted octanol–water partition coefficient (Wildman–Crippen LogP) is 2.74. The zero-order valence-corrected chi connectivity index (χ0v) is 17.1. The summed E-state index contributed by atoms with van der Waals surface area (Å²) in [5.74, 6) is 1.46. The number of benzene rings is 1. The van der Waals surface area contributed by atoms with E-state index in [1.165, 1.54) is 17.1 Å². The molecule has 2 fully saturated rings. The third-order valence-corrected chi connectivity index (χ3v) is 7.39. The second kappa shape index (κ2) is 8.61. The van der Waals surface area contributed by atoms with Crippen molar-refractivity contribution < 1.29 is 17.9 Å².